The smallest absolute Gasteiger partial charge is 0.253 e. The Bertz CT molecular complexity index is 1270. The zero-order chi connectivity index (χ0) is 22.8. The zero-order valence-corrected chi connectivity index (χ0v) is 18.8. The van der Waals surface area contributed by atoms with Crippen molar-refractivity contribution in [1.29, 1.82) is 0 Å². The maximum Gasteiger partial charge on any atom is 0.253 e. The maximum absolute atomic E-state index is 13.2. The van der Waals surface area contributed by atoms with E-state index in [0.29, 0.717) is 25.3 Å². The van der Waals surface area contributed by atoms with Crippen LogP contribution in [0, 0.1) is 0 Å². The van der Waals surface area contributed by atoms with Gasteiger partial charge in [-0.25, -0.2) is 9.97 Å². The number of fused-ring (bicyclic) bond motifs is 1. The number of hydrogen-bond donors (Lipinski definition) is 0. The molecule has 2 aromatic carbocycles. The minimum atomic E-state index is 0.0314. The molecule has 0 N–H and O–H groups in total. The van der Waals surface area contributed by atoms with E-state index in [4.69, 9.17) is 14.5 Å². The lowest BCUT2D eigenvalue weighted by Gasteiger charge is -2.19. The molecule has 0 unspecified atom stereocenters. The van der Waals surface area contributed by atoms with Gasteiger partial charge in [-0.05, 0) is 74.0 Å². The number of rotatable bonds is 6. The van der Waals surface area contributed by atoms with Gasteiger partial charge < -0.3 is 18.9 Å². The van der Waals surface area contributed by atoms with Gasteiger partial charge in [0.05, 0.1) is 19.8 Å². The maximum atomic E-state index is 13.2. The van der Waals surface area contributed by atoms with Gasteiger partial charge in [0.15, 0.2) is 5.65 Å². The molecular weight excluding hydrogens is 416 g/mol. The van der Waals surface area contributed by atoms with E-state index in [9.17, 15) is 4.79 Å². The van der Waals surface area contributed by atoms with Crippen molar-refractivity contribution in [3.05, 3.63) is 72.4 Å². The Labute approximate surface area is 192 Å². The summed E-state index contributed by atoms with van der Waals surface area (Å²) in [5.41, 5.74) is 3.34. The van der Waals surface area contributed by atoms with Crippen LogP contribution < -0.4 is 9.47 Å². The fraction of sp³-hybridized carbons (Fsp3) is 0.269. The van der Waals surface area contributed by atoms with Gasteiger partial charge in [0, 0.05) is 30.4 Å². The highest BCUT2D eigenvalue weighted by Gasteiger charge is 2.31. The first-order chi connectivity index (χ1) is 16.2. The van der Waals surface area contributed by atoms with Gasteiger partial charge in [0.1, 0.15) is 22.8 Å². The average molecular weight is 443 g/mol. The molecule has 7 heteroatoms. The molecule has 2 aromatic heterocycles. The largest absolute Gasteiger partial charge is 0.497 e. The van der Waals surface area contributed by atoms with E-state index < -0.39 is 0 Å². The van der Waals surface area contributed by atoms with Crippen molar-refractivity contribution in [1.82, 2.24) is 19.4 Å². The summed E-state index contributed by atoms with van der Waals surface area (Å²) in [5.74, 6) is 2.46. The van der Waals surface area contributed by atoms with Crippen LogP contribution in [0.2, 0.25) is 0 Å². The van der Waals surface area contributed by atoms with E-state index in [1.165, 1.54) is 0 Å². The van der Waals surface area contributed by atoms with Gasteiger partial charge >= 0.3 is 0 Å². The number of amides is 1. The predicted molar refractivity (Wildman–Crippen MR) is 127 cm³/mol. The summed E-state index contributed by atoms with van der Waals surface area (Å²) in [6.45, 7) is 3.84. The normalized spacial score (nSPS) is 15.7. The molecule has 5 rings (SSSR count). The van der Waals surface area contributed by atoms with Crippen LogP contribution in [0.3, 0.4) is 0 Å². The van der Waals surface area contributed by atoms with Gasteiger partial charge in [-0.1, -0.05) is 0 Å². The van der Waals surface area contributed by atoms with Crippen LogP contribution in [-0.4, -0.2) is 52.1 Å². The highest BCUT2D eigenvalue weighted by molar-refractivity contribution is 5.94. The molecule has 168 valence electrons. The van der Waals surface area contributed by atoms with Crippen molar-refractivity contribution in [2.75, 3.05) is 26.8 Å². The fourth-order valence-electron chi connectivity index (χ4n) is 4.40. The summed E-state index contributed by atoms with van der Waals surface area (Å²) >= 11 is 0. The molecule has 3 heterocycles. The summed E-state index contributed by atoms with van der Waals surface area (Å²) < 4.78 is 13.0. The molecule has 0 radical (unpaired) electrons. The predicted octanol–water partition coefficient (Wildman–Crippen LogP) is 4.59. The number of likely N-dealkylation sites (tertiary alicyclic amines) is 1. The zero-order valence-electron chi connectivity index (χ0n) is 18.8. The molecule has 33 heavy (non-hydrogen) atoms. The van der Waals surface area contributed by atoms with Crippen LogP contribution in [0.15, 0.2) is 66.9 Å². The Hall–Kier alpha value is -3.87. The van der Waals surface area contributed by atoms with E-state index in [1.807, 2.05) is 72.5 Å². The number of carbonyl (C=O) groups is 1. The monoisotopic (exact) mass is 442 g/mol. The van der Waals surface area contributed by atoms with Crippen molar-refractivity contribution in [3.63, 3.8) is 0 Å². The van der Waals surface area contributed by atoms with Crippen molar-refractivity contribution < 1.29 is 14.3 Å². The summed E-state index contributed by atoms with van der Waals surface area (Å²) in [6, 6.07) is 19.2. The Morgan fingerprint density at radius 3 is 2.55 bits per heavy atom. The number of nitrogens with zero attached hydrogens (tertiary/aromatic N) is 4. The van der Waals surface area contributed by atoms with Crippen LogP contribution in [-0.2, 0) is 0 Å². The molecular formula is C26H26N4O3. The van der Waals surface area contributed by atoms with Crippen LogP contribution in [0.25, 0.3) is 22.6 Å². The fourth-order valence-corrected chi connectivity index (χ4v) is 4.40. The highest BCUT2D eigenvalue weighted by atomic mass is 16.5. The highest BCUT2D eigenvalue weighted by Crippen LogP contribution is 2.33. The second kappa shape index (κ2) is 8.94. The lowest BCUT2D eigenvalue weighted by Crippen LogP contribution is -2.29. The second-order valence-electron chi connectivity index (χ2n) is 8.03. The minimum Gasteiger partial charge on any atom is -0.497 e. The summed E-state index contributed by atoms with van der Waals surface area (Å²) in [4.78, 5) is 24.6. The van der Waals surface area contributed by atoms with Crippen molar-refractivity contribution in [3.8, 4) is 22.9 Å². The standard InChI is InChI=1S/C26H26N4O3/c1-3-33-22-12-8-19(9-13-22)26(31)29-16-14-20(17-29)30-24(18-6-10-21(32-2)11-7-18)28-23-5-4-15-27-25(23)30/h4-13,15,20H,3,14,16-17H2,1-2H3/t20-/m0/s1. The Balaban J connectivity index is 1.44. The molecule has 0 aliphatic carbocycles. The molecule has 1 atom stereocenters. The lowest BCUT2D eigenvalue weighted by atomic mass is 10.1. The van der Waals surface area contributed by atoms with Gasteiger partial charge in [-0.3, -0.25) is 4.79 Å². The number of aromatic nitrogens is 3. The van der Waals surface area contributed by atoms with Gasteiger partial charge in [-0.15, -0.1) is 0 Å². The SMILES string of the molecule is CCOc1ccc(C(=O)N2CC[C@H](n3c(-c4ccc(OC)cc4)nc4cccnc43)C2)cc1. The molecule has 4 aromatic rings. The van der Waals surface area contributed by atoms with Crippen LogP contribution >= 0.6 is 0 Å². The van der Waals surface area contributed by atoms with Gasteiger partial charge in [-0.2, -0.15) is 0 Å². The number of imidazole rings is 1. The number of ether oxygens (including phenoxy) is 2. The lowest BCUT2D eigenvalue weighted by molar-refractivity contribution is 0.0788. The van der Waals surface area contributed by atoms with Gasteiger partial charge in [0.2, 0.25) is 0 Å². The van der Waals surface area contributed by atoms with E-state index >= 15 is 0 Å². The minimum absolute atomic E-state index is 0.0314. The molecule has 1 fully saturated rings. The second-order valence-corrected chi connectivity index (χ2v) is 8.03. The number of carbonyl (C=O) groups excluding carboxylic acids is 1. The Morgan fingerprint density at radius 1 is 1.06 bits per heavy atom. The quantitative estimate of drug-likeness (QED) is 0.437. The first-order valence-electron chi connectivity index (χ1n) is 11.2. The van der Waals surface area contributed by atoms with Gasteiger partial charge in [0.25, 0.3) is 5.91 Å². The van der Waals surface area contributed by atoms with E-state index in [2.05, 4.69) is 9.55 Å². The first kappa shape index (κ1) is 21.0. The van der Waals surface area contributed by atoms with Crippen LogP contribution in [0.4, 0.5) is 0 Å². The molecule has 1 amide bonds. The molecule has 0 spiro atoms. The van der Waals surface area contributed by atoms with Crippen molar-refractivity contribution in [2.45, 2.75) is 19.4 Å². The molecule has 1 saturated heterocycles. The molecule has 7 nitrogen and oxygen atoms in total. The summed E-state index contributed by atoms with van der Waals surface area (Å²) in [6.07, 6.45) is 2.63. The van der Waals surface area contributed by atoms with Crippen LogP contribution in [0.5, 0.6) is 11.5 Å². The summed E-state index contributed by atoms with van der Waals surface area (Å²) in [7, 11) is 1.66. The van der Waals surface area contributed by atoms with Crippen molar-refractivity contribution >= 4 is 17.1 Å². The van der Waals surface area contributed by atoms with Crippen molar-refractivity contribution in [2.24, 2.45) is 0 Å². The Kier molecular flexibility index (Phi) is 5.69. The molecule has 0 bridgehead atoms. The third-order valence-electron chi connectivity index (χ3n) is 6.03. The number of methoxy groups -OCH3 is 1. The third kappa shape index (κ3) is 4.02. The number of hydrogen-bond acceptors (Lipinski definition) is 5. The molecule has 1 aliphatic heterocycles. The average Bonchev–Trinajstić information content (AvgIpc) is 3.49. The Morgan fingerprint density at radius 2 is 1.82 bits per heavy atom. The number of benzene rings is 2. The van der Waals surface area contributed by atoms with E-state index in [1.54, 1.807) is 13.3 Å². The topological polar surface area (TPSA) is 69.5 Å². The first-order valence-corrected chi connectivity index (χ1v) is 11.2. The molecule has 1 aliphatic rings. The summed E-state index contributed by atoms with van der Waals surface area (Å²) in [5, 5.41) is 0. The van der Waals surface area contributed by atoms with E-state index in [0.717, 1.165) is 40.5 Å². The van der Waals surface area contributed by atoms with E-state index in [-0.39, 0.29) is 11.9 Å². The number of pyridine rings is 1. The van der Waals surface area contributed by atoms with Crippen LogP contribution in [0.1, 0.15) is 29.7 Å². The molecule has 0 saturated carbocycles. The third-order valence-corrected chi connectivity index (χ3v) is 6.03.